The van der Waals surface area contributed by atoms with Crippen molar-refractivity contribution in [1.29, 1.82) is 0 Å². The predicted octanol–water partition coefficient (Wildman–Crippen LogP) is 3.05. The zero-order chi connectivity index (χ0) is 18.8. The molecule has 1 unspecified atom stereocenters. The van der Waals surface area contributed by atoms with E-state index in [1.807, 2.05) is 20.8 Å². The van der Waals surface area contributed by atoms with Crippen molar-refractivity contribution in [2.75, 3.05) is 5.32 Å². The number of hydrogen-bond acceptors (Lipinski definition) is 5. The first-order valence-electron chi connectivity index (χ1n) is 8.53. The van der Waals surface area contributed by atoms with E-state index in [1.54, 1.807) is 6.92 Å². The Kier molecular flexibility index (Phi) is 5.87. The lowest BCUT2D eigenvalue weighted by molar-refractivity contribution is -0.130. The van der Waals surface area contributed by atoms with Crippen LogP contribution in [0, 0.1) is 0 Å². The largest absolute Gasteiger partial charge is 0.449 e. The zero-order valence-electron chi connectivity index (χ0n) is 15.4. The fourth-order valence-electron chi connectivity index (χ4n) is 2.77. The van der Waals surface area contributed by atoms with E-state index in [-0.39, 0.29) is 11.8 Å². The van der Waals surface area contributed by atoms with Crippen molar-refractivity contribution in [3.05, 3.63) is 16.0 Å². The van der Waals surface area contributed by atoms with Crippen LogP contribution in [0.4, 0.5) is 5.00 Å². The van der Waals surface area contributed by atoms with Crippen LogP contribution in [0.3, 0.4) is 0 Å². The summed E-state index contributed by atoms with van der Waals surface area (Å²) in [6.45, 7) is 8.56. The molecule has 0 aliphatic heterocycles. The van der Waals surface area contributed by atoms with E-state index in [1.165, 1.54) is 18.3 Å². The molecule has 0 saturated heterocycles. The third kappa shape index (κ3) is 5.04. The number of esters is 1. The summed E-state index contributed by atoms with van der Waals surface area (Å²) < 4.78 is 5.40. The summed E-state index contributed by atoms with van der Waals surface area (Å²) in [4.78, 5) is 37.5. The number of carbonyl (C=O) groups is 3. The van der Waals surface area contributed by atoms with Gasteiger partial charge >= 0.3 is 5.97 Å². The van der Waals surface area contributed by atoms with Crippen LogP contribution in [0.5, 0.6) is 0 Å². The minimum absolute atomic E-state index is 0.230. The molecule has 2 N–H and O–H groups in total. The van der Waals surface area contributed by atoms with E-state index in [0.29, 0.717) is 10.6 Å². The minimum atomic E-state index is -0.906. The second-order valence-corrected chi connectivity index (χ2v) is 8.49. The van der Waals surface area contributed by atoms with Gasteiger partial charge in [-0.1, -0.05) is 0 Å². The quantitative estimate of drug-likeness (QED) is 0.802. The highest BCUT2D eigenvalue weighted by molar-refractivity contribution is 7.17. The Hall–Kier alpha value is -1.89. The van der Waals surface area contributed by atoms with Crippen molar-refractivity contribution in [1.82, 2.24) is 5.32 Å². The summed E-state index contributed by atoms with van der Waals surface area (Å²) in [6, 6.07) is 0. The van der Waals surface area contributed by atoms with Gasteiger partial charge in [0.25, 0.3) is 5.91 Å². The summed E-state index contributed by atoms with van der Waals surface area (Å²) in [7, 11) is 0. The molecule has 0 aromatic carbocycles. The number of rotatable bonds is 4. The van der Waals surface area contributed by atoms with Crippen LogP contribution in [0.2, 0.25) is 0 Å². The van der Waals surface area contributed by atoms with Crippen LogP contribution in [-0.2, 0) is 27.2 Å². The molecule has 1 aromatic rings. The molecule has 138 valence electrons. The van der Waals surface area contributed by atoms with Crippen LogP contribution in [0.15, 0.2) is 0 Å². The molecule has 2 rings (SSSR count). The summed E-state index contributed by atoms with van der Waals surface area (Å²) in [5.41, 5.74) is 0.958. The number of thiophene rings is 1. The maximum atomic E-state index is 12.7. The zero-order valence-corrected chi connectivity index (χ0v) is 16.3. The Morgan fingerprint density at radius 3 is 2.40 bits per heavy atom. The Balaban J connectivity index is 2.21. The molecule has 0 saturated carbocycles. The average Bonchev–Trinajstić information content (AvgIpc) is 2.82. The van der Waals surface area contributed by atoms with Crippen molar-refractivity contribution in [3.8, 4) is 0 Å². The van der Waals surface area contributed by atoms with Crippen molar-refractivity contribution >= 4 is 34.1 Å². The van der Waals surface area contributed by atoms with Gasteiger partial charge in [-0.25, -0.2) is 4.79 Å². The van der Waals surface area contributed by atoms with E-state index in [4.69, 9.17) is 4.74 Å². The maximum absolute atomic E-state index is 12.7. The van der Waals surface area contributed by atoms with Gasteiger partial charge in [-0.3, -0.25) is 9.59 Å². The highest BCUT2D eigenvalue weighted by atomic mass is 32.1. The number of hydrogen-bond donors (Lipinski definition) is 2. The van der Waals surface area contributed by atoms with Gasteiger partial charge in [0.05, 0.1) is 5.56 Å². The van der Waals surface area contributed by atoms with Gasteiger partial charge in [-0.05, 0) is 58.9 Å². The summed E-state index contributed by atoms with van der Waals surface area (Å²) in [6.07, 6.45) is 2.87. The molecular formula is C18H26N2O4S. The molecule has 0 bridgehead atoms. The molecule has 6 nitrogen and oxygen atoms in total. The molecule has 0 fully saturated rings. The first-order valence-corrected chi connectivity index (χ1v) is 9.35. The van der Waals surface area contributed by atoms with Gasteiger partial charge in [0.1, 0.15) is 5.00 Å². The van der Waals surface area contributed by atoms with Crippen LogP contribution >= 0.6 is 11.3 Å². The Morgan fingerprint density at radius 1 is 1.16 bits per heavy atom. The highest BCUT2D eigenvalue weighted by Crippen LogP contribution is 2.38. The summed E-state index contributed by atoms with van der Waals surface area (Å²) in [5, 5.41) is 6.05. The minimum Gasteiger partial charge on any atom is -0.449 e. The van der Waals surface area contributed by atoms with E-state index in [9.17, 15) is 14.4 Å². The number of aryl methyl sites for hydroxylation is 1. The average molecular weight is 366 g/mol. The van der Waals surface area contributed by atoms with Gasteiger partial charge in [-0.2, -0.15) is 0 Å². The predicted molar refractivity (Wildman–Crippen MR) is 98.0 cm³/mol. The summed E-state index contributed by atoms with van der Waals surface area (Å²) >= 11 is 1.43. The topological polar surface area (TPSA) is 84.5 Å². The Bertz CT molecular complexity index is 688. The third-order valence-electron chi connectivity index (χ3n) is 3.82. The van der Waals surface area contributed by atoms with Gasteiger partial charge in [0.2, 0.25) is 5.91 Å². The van der Waals surface area contributed by atoms with Crippen molar-refractivity contribution in [2.24, 2.45) is 0 Å². The molecule has 7 heteroatoms. The smallest absolute Gasteiger partial charge is 0.342 e. The second-order valence-electron chi connectivity index (χ2n) is 7.38. The lowest BCUT2D eigenvalue weighted by Gasteiger charge is -2.23. The molecule has 1 atom stereocenters. The van der Waals surface area contributed by atoms with E-state index < -0.39 is 17.6 Å². The Labute approximate surface area is 152 Å². The molecule has 2 amide bonds. The van der Waals surface area contributed by atoms with Crippen molar-refractivity contribution < 1.29 is 19.1 Å². The molecule has 1 aromatic heterocycles. The molecule has 1 heterocycles. The first-order chi connectivity index (χ1) is 11.6. The Morgan fingerprint density at radius 2 is 1.80 bits per heavy atom. The molecule has 25 heavy (non-hydrogen) atoms. The van der Waals surface area contributed by atoms with E-state index in [2.05, 4.69) is 10.6 Å². The standard InChI is InChI=1S/C18H26N2O4S/c1-10(15(22)20-18(3,4)5)24-17(23)14-12-8-6-7-9-13(12)25-16(14)19-11(2)21/h10H,6-9H2,1-5H3,(H,19,21)(H,20,22). The lowest BCUT2D eigenvalue weighted by atomic mass is 9.95. The van der Waals surface area contributed by atoms with Crippen LogP contribution in [0.1, 0.15) is 68.3 Å². The first kappa shape index (κ1) is 19.4. The molecule has 0 radical (unpaired) electrons. The van der Waals surface area contributed by atoms with Gasteiger partial charge in [0.15, 0.2) is 6.10 Å². The number of nitrogens with one attached hydrogen (secondary N) is 2. The SMILES string of the molecule is CC(=O)Nc1sc2c(c1C(=O)OC(C)C(=O)NC(C)(C)C)CCCC2. The number of fused-ring (bicyclic) bond motifs is 1. The highest BCUT2D eigenvalue weighted by Gasteiger charge is 2.30. The lowest BCUT2D eigenvalue weighted by Crippen LogP contribution is -2.46. The van der Waals surface area contributed by atoms with Crippen molar-refractivity contribution in [2.45, 2.75) is 71.9 Å². The van der Waals surface area contributed by atoms with E-state index >= 15 is 0 Å². The van der Waals surface area contributed by atoms with Crippen LogP contribution in [-0.4, -0.2) is 29.4 Å². The molecular weight excluding hydrogens is 340 g/mol. The fourth-order valence-corrected chi connectivity index (χ4v) is 4.10. The summed E-state index contributed by atoms with van der Waals surface area (Å²) in [5.74, 6) is -1.13. The van der Waals surface area contributed by atoms with Crippen LogP contribution in [0.25, 0.3) is 0 Å². The third-order valence-corrected chi connectivity index (χ3v) is 5.02. The number of carbonyl (C=O) groups excluding carboxylic acids is 3. The molecule has 0 spiro atoms. The van der Waals surface area contributed by atoms with Gasteiger partial charge in [-0.15, -0.1) is 11.3 Å². The van der Waals surface area contributed by atoms with Gasteiger partial charge in [0, 0.05) is 17.3 Å². The maximum Gasteiger partial charge on any atom is 0.342 e. The molecule has 1 aliphatic carbocycles. The van der Waals surface area contributed by atoms with Crippen molar-refractivity contribution in [3.63, 3.8) is 0 Å². The molecule has 1 aliphatic rings. The monoisotopic (exact) mass is 366 g/mol. The fraction of sp³-hybridized carbons (Fsp3) is 0.611. The van der Waals surface area contributed by atoms with Crippen LogP contribution < -0.4 is 10.6 Å². The second kappa shape index (κ2) is 7.56. The number of amides is 2. The van der Waals surface area contributed by atoms with E-state index in [0.717, 1.165) is 36.1 Å². The normalized spacial score (nSPS) is 15.1. The number of anilines is 1. The van der Waals surface area contributed by atoms with Gasteiger partial charge < -0.3 is 15.4 Å². The number of ether oxygens (including phenoxy) is 1.